The quantitative estimate of drug-likeness (QED) is 0.692. The molecule has 0 fully saturated rings. The summed E-state index contributed by atoms with van der Waals surface area (Å²) in [4.78, 5) is 26.8. The summed E-state index contributed by atoms with van der Waals surface area (Å²) >= 11 is 0. The van der Waals surface area contributed by atoms with Gasteiger partial charge < -0.3 is 9.32 Å². The number of hydrogen-bond acceptors (Lipinski definition) is 3. The van der Waals surface area contributed by atoms with Gasteiger partial charge in [0.2, 0.25) is 0 Å². The molecule has 0 saturated carbocycles. The van der Waals surface area contributed by atoms with Gasteiger partial charge in [0.05, 0.1) is 5.39 Å². The number of carbonyl (C=O) groups excluding carboxylic acids is 1. The average Bonchev–Trinajstić information content (AvgIpc) is 2.90. The molecule has 0 spiro atoms. The largest absolute Gasteiger partial charge is 0.451 e. The molecule has 0 radical (unpaired) electrons. The standard InChI is InChI=1S/C19H15NO3/c1-12-10-13-6-2-4-8-15(13)20(12)19(22)18-11-16(21)14-7-3-5-9-17(14)23-18/h2-9,11-12H,10H2,1H3. The normalized spacial score (nSPS) is 16.6. The average molecular weight is 305 g/mol. The molecule has 2 aromatic carbocycles. The van der Waals surface area contributed by atoms with Crippen molar-refractivity contribution in [3.63, 3.8) is 0 Å². The van der Waals surface area contributed by atoms with Crippen molar-refractivity contribution in [3.8, 4) is 0 Å². The number of anilines is 1. The van der Waals surface area contributed by atoms with Gasteiger partial charge in [0, 0.05) is 17.8 Å². The molecule has 3 aromatic rings. The van der Waals surface area contributed by atoms with E-state index in [4.69, 9.17) is 4.42 Å². The lowest BCUT2D eigenvalue weighted by Gasteiger charge is -2.22. The minimum absolute atomic E-state index is 0.0386. The molecule has 0 N–H and O–H groups in total. The highest BCUT2D eigenvalue weighted by Gasteiger charge is 2.32. The first kappa shape index (κ1) is 13.8. The van der Waals surface area contributed by atoms with Gasteiger partial charge in [-0.15, -0.1) is 0 Å². The summed E-state index contributed by atoms with van der Waals surface area (Å²) in [6.07, 6.45) is 0.805. The van der Waals surface area contributed by atoms with Crippen molar-refractivity contribution in [3.05, 3.63) is 76.1 Å². The highest BCUT2D eigenvalue weighted by molar-refractivity contribution is 6.06. The van der Waals surface area contributed by atoms with Crippen LogP contribution >= 0.6 is 0 Å². The fourth-order valence-electron chi connectivity index (χ4n) is 3.20. The van der Waals surface area contributed by atoms with Crippen LogP contribution in [0.5, 0.6) is 0 Å². The van der Waals surface area contributed by atoms with E-state index in [9.17, 15) is 9.59 Å². The predicted octanol–water partition coefficient (Wildman–Crippen LogP) is 3.38. The van der Waals surface area contributed by atoms with Crippen LogP contribution in [0.4, 0.5) is 5.69 Å². The maximum Gasteiger partial charge on any atom is 0.294 e. The molecule has 114 valence electrons. The van der Waals surface area contributed by atoms with Crippen LogP contribution in [0, 0.1) is 0 Å². The number of benzene rings is 2. The van der Waals surface area contributed by atoms with E-state index in [0.717, 1.165) is 17.7 Å². The summed E-state index contributed by atoms with van der Waals surface area (Å²) in [6, 6.07) is 16.1. The molecule has 1 aliphatic rings. The Kier molecular flexibility index (Phi) is 3.05. The van der Waals surface area contributed by atoms with Crippen LogP contribution in [-0.2, 0) is 6.42 Å². The van der Waals surface area contributed by atoms with Crippen LogP contribution in [0.3, 0.4) is 0 Å². The Morgan fingerprint density at radius 1 is 1.13 bits per heavy atom. The number of rotatable bonds is 1. The second-order valence-corrected chi connectivity index (χ2v) is 5.83. The lowest BCUT2D eigenvalue weighted by atomic mass is 10.1. The third-order valence-electron chi connectivity index (χ3n) is 4.27. The Morgan fingerprint density at radius 3 is 2.74 bits per heavy atom. The van der Waals surface area contributed by atoms with Crippen LogP contribution in [0.25, 0.3) is 11.0 Å². The molecule has 2 heterocycles. The molecule has 1 unspecified atom stereocenters. The van der Waals surface area contributed by atoms with Crippen LogP contribution in [0.15, 0.2) is 63.8 Å². The highest BCUT2D eigenvalue weighted by Crippen LogP contribution is 2.33. The van der Waals surface area contributed by atoms with Crippen molar-refractivity contribution in [2.45, 2.75) is 19.4 Å². The molecule has 1 amide bonds. The van der Waals surface area contributed by atoms with Gasteiger partial charge in [-0.25, -0.2) is 0 Å². The number of hydrogen-bond donors (Lipinski definition) is 0. The zero-order chi connectivity index (χ0) is 16.0. The topological polar surface area (TPSA) is 50.5 Å². The first-order chi connectivity index (χ1) is 11.1. The lowest BCUT2D eigenvalue weighted by molar-refractivity contribution is 0.0955. The molecule has 1 atom stereocenters. The van der Waals surface area contributed by atoms with Gasteiger partial charge in [-0.05, 0) is 37.1 Å². The van der Waals surface area contributed by atoms with Gasteiger partial charge in [0.25, 0.3) is 5.91 Å². The minimum atomic E-state index is -0.273. The summed E-state index contributed by atoms with van der Waals surface area (Å²) in [7, 11) is 0. The van der Waals surface area contributed by atoms with Crippen molar-refractivity contribution >= 4 is 22.6 Å². The van der Waals surface area contributed by atoms with Gasteiger partial charge in [0.1, 0.15) is 5.58 Å². The Morgan fingerprint density at radius 2 is 1.87 bits per heavy atom. The van der Waals surface area contributed by atoms with Crippen molar-refractivity contribution in [2.24, 2.45) is 0 Å². The maximum absolute atomic E-state index is 12.9. The van der Waals surface area contributed by atoms with E-state index < -0.39 is 0 Å². The van der Waals surface area contributed by atoms with Crippen LogP contribution < -0.4 is 10.3 Å². The van der Waals surface area contributed by atoms with Crippen molar-refractivity contribution in [1.82, 2.24) is 0 Å². The Labute approximate surface area is 133 Å². The number of amides is 1. The minimum Gasteiger partial charge on any atom is -0.451 e. The third-order valence-corrected chi connectivity index (χ3v) is 4.27. The molecule has 23 heavy (non-hydrogen) atoms. The van der Waals surface area contributed by atoms with Crippen LogP contribution in [0.1, 0.15) is 23.0 Å². The lowest BCUT2D eigenvalue weighted by Crippen LogP contribution is -2.36. The van der Waals surface area contributed by atoms with Crippen molar-refractivity contribution < 1.29 is 9.21 Å². The smallest absolute Gasteiger partial charge is 0.294 e. The zero-order valence-electron chi connectivity index (χ0n) is 12.7. The SMILES string of the molecule is CC1Cc2ccccc2N1C(=O)c1cc(=O)c2ccccc2o1. The van der Waals surface area contributed by atoms with Crippen LogP contribution in [-0.4, -0.2) is 11.9 Å². The van der Waals surface area contributed by atoms with E-state index in [1.54, 1.807) is 29.2 Å². The van der Waals surface area contributed by atoms with Crippen molar-refractivity contribution in [2.75, 3.05) is 4.90 Å². The summed E-state index contributed by atoms with van der Waals surface area (Å²) in [6.45, 7) is 2.00. The Balaban J connectivity index is 1.82. The second-order valence-electron chi connectivity index (χ2n) is 5.83. The Hall–Kier alpha value is -2.88. The molecule has 1 aliphatic heterocycles. The first-order valence-corrected chi connectivity index (χ1v) is 7.59. The van der Waals surface area contributed by atoms with Crippen LogP contribution in [0.2, 0.25) is 0 Å². The molecule has 0 saturated heterocycles. The van der Waals surface area contributed by atoms with Gasteiger partial charge in [0.15, 0.2) is 11.2 Å². The number of carbonyl (C=O) groups is 1. The molecule has 1 aromatic heterocycles. The van der Waals surface area contributed by atoms with Gasteiger partial charge >= 0.3 is 0 Å². The van der Waals surface area contributed by atoms with Gasteiger partial charge in [-0.2, -0.15) is 0 Å². The summed E-state index contributed by atoms with van der Waals surface area (Å²) in [5, 5.41) is 0.485. The molecule has 4 nitrogen and oxygen atoms in total. The molecule has 0 aliphatic carbocycles. The number of fused-ring (bicyclic) bond motifs is 2. The highest BCUT2D eigenvalue weighted by atomic mass is 16.3. The molecule has 4 rings (SSSR count). The van der Waals surface area contributed by atoms with E-state index in [-0.39, 0.29) is 23.1 Å². The molecule has 0 bridgehead atoms. The van der Waals surface area contributed by atoms with Gasteiger partial charge in [-0.3, -0.25) is 9.59 Å². The van der Waals surface area contributed by atoms with E-state index in [1.807, 2.05) is 31.2 Å². The molecular formula is C19H15NO3. The fraction of sp³-hybridized carbons (Fsp3) is 0.158. The number of para-hydroxylation sites is 2. The van der Waals surface area contributed by atoms with E-state index >= 15 is 0 Å². The monoisotopic (exact) mass is 305 g/mol. The third kappa shape index (κ3) is 2.14. The molecular weight excluding hydrogens is 290 g/mol. The first-order valence-electron chi connectivity index (χ1n) is 7.59. The Bertz CT molecular complexity index is 974. The van der Waals surface area contributed by atoms with E-state index in [0.29, 0.717) is 11.0 Å². The second kappa shape index (κ2) is 5.09. The predicted molar refractivity (Wildman–Crippen MR) is 88.9 cm³/mol. The van der Waals surface area contributed by atoms with Crippen molar-refractivity contribution in [1.29, 1.82) is 0 Å². The summed E-state index contributed by atoms with van der Waals surface area (Å²) < 4.78 is 5.69. The summed E-state index contributed by atoms with van der Waals surface area (Å²) in [5.74, 6) is -0.192. The van der Waals surface area contributed by atoms with Gasteiger partial charge in [-0.1, -0.05) is 30.3 Å². The maximum atomic E-state index is 12.9. The summed E-state index contributed by atoms with van der Waals surface area (Å²) in [5.41, 5.74) is 2.26. The fourth-order valence-corrected chi connectivity index (χ4v) is 3.20. The van der Waals surface area contributed by atoms with E-state index in [2.05, 4.69) is 0 Å². The zero-order valence-corrected chi connectivity index (χ0v) is 12.7. The molecule has 4 heteroatoms. The number of nitrogens with zero attached hydrogens (tertiary/aromatic N) is 1. The van der Waals surface area contributed by atoms with E-state index in [1.165, 1.54) is 6.07 Å².